The van der Waals surface area contributed by atoms with Gasteiger partial charge in [-0.15, -0.1) is 0 Å². The minimum atomic E-state index is 0.545. The summed E-state index contributed by atoms with van der Waals surface area (Å²) < 4.78 is 0. The average Bonchev–Trinajstić information content (AvgIpc) is 2.58. The Morgan fingerprint density at radius 2 is 1.55 bits per heavy atom. The van der Waals surface area contributed by atoms with Gasteiger partial charge in [0.1, 0.15) is 0 Å². The zero-order valence-electron chi connectivity index (χ0n) is 14.8. The van der Waals surface area contributed by atoms with Crippen LogP contribution in [0.5, 0.6) is 0 Å². The van der Waals surface area contributed by atoms with Crippen LogP contribution in [-0.2, 0) is 0 Å². The smallest absolute Gasteiger partial charge is 0.0321 e. The standard InChI is InChI=1S/C20H38/c1-6-8-10-12-17-15(11-9-7-2)13-16-14-18(19(16)17)20(3,4)5/h15-19H,6-14H2,1-5H3. The second-order valence-corrected chi connectivity index (χ2v) is 8.84. The Morgan fingerprint density at radius 3 is 2.15 bits per heavy atom. The van der Waals surface area contributed by atoms with Crippen molar-refractivity contribution in [3.63, 3.8) is 0 Å². The molecule has 0 aliphatic heterocycles. The average molecular weight is 279 g/mol. The number of hydrogen-bond acceptors (Lipinski definition) is 0. The highest BCUT2D eigenvalue weighted by atomic mass is 14.6. The van der Waals surface area contributed by atoms with Crippen LogP contribution >= 0.6 is 0 Å². The van der Waals surface area contributed by atoms with E-state index < -0.39 is 0 Å². The molecule has 0 radical (unpaired) electrons. The molecule has 0 aromatic carbocycles. The first-order chi connectivity index (χ1) is 9.49. The Kier molecular flexibility index (Phi) is 5.60. The van der Waals surface area contributed by atoms with Gasteiger partial charge in [-0.2, -0.15) is 0 Å². The first kappa shape index (κ1) is 16.4. The maximum absolute atomic E-state index is 2.48. The molecule has 5 unspecified atom stereocenters. The van der Waals surface area contributed by atoms with Crippen LogP contribution in [0.3, 0.4) is 0 Å². The van der Waals surface area contributed by atoms with Crippen molar-refractivity contribution in [2.45, 2.75) is 92.4 Å². The second kappa shape index (κ2) is 6.84. The molecule has 0 heterocycles. The molecule has 5 atom stereocenters. The second-order valence-electron chi connectivity index (χ2n) is 8.84. The summed E-state index contributed by atoms with van der Waals surface area (Å²) in [6.07, 6.45) is 13.4. The van der Waals surface area contributed by atoms with Gasteiger partial charge in [0, 0.05) is 0 Å². The third-order valence-electron chi connectivity index (χ3n) is 6.45. The first-order valence-corrected chi connectivity index (χ1v) is 9.49. The van der Waals surface area contributed by atoms with Crippen LogP contribution in [0.4, 0.5) is 0 Å². The number of hydrogen-bond donors (Lipinski definition) is 0. The van der Waals surface area contributed by atoms with Crippen molar-refractivity contribution >= 4 is 0 Å². The van der Waals surface area contributed by atoms with Crippen LogP contribution in [0.15, 0.2) is 0 Å². The molecule has 0 heteroatoms. The molecule has 0 saturated heterocycles. The Labute approximate surface area is 128 Å². The van der Waals surface area contributed by atoms with E-state index in [1.807, 2.05) is 0 Å². The Morgan fingerprint density at radius 1 is 0.850 bits per heavy atom. The summed E-state index contributed by atoms with van der Waals surface area (Å²) in [6, 6.07) is 0. The lowest BCUT2D eigenvalue weighted by Crippen LogP contribution is -2.44. The maximum atomic E-state index is 2.48. The third kappa shape index (κ3) is 3.42. The van der Waals surface area contributed by atoms with Crippen LogP contribution in [0.2, 0.25) is 0 Å². The Bertz CT molecular complexity index is 285. The van der Waals surface area contributed by atoms with E-state index in [-0.39, 0.29) is 0 Å². The van der Waals surface area contributed by atoms with Crippen molar-refractivity contribution in [3.05, 3.63) is 0 Å². The van der Waals surface area contributed by atoms with Gasteiger partial charge in [-0.1, -0.05) is 73.1 Å². The van der Waals surface area contributed by atoms with Gasteiger partial charge in [-0.05, 0) is 54.3 Å². The van der Waals surface area contributed by atoms with Crippen molar-refractivity contribution in [3.8, 4) is 0 Å². The molecule has 2 aliphatic carbocycles. The maximum Gasteiger partial charge on any atom is -0.0321 e. The van der Waals surface area contributed by atoms with Crippen LogP contribution in [0.25, 0.3) is 0 Å². The molecule has 118 valence electrons. The number of unbranched alkanes of at least 4 members (excludes halogenated alkanes) is 3. The molecule has 0 nitrogen and oxygen atoms in total. The third-order valence-corrected chi connectivity index (χ3v) is 6.45. The molecule has 0 amide bonds. The summed E-state index contributed by atoms with van der Waals surface area (Å²) in [5, 5.41) is 0. The molecule has 2 aliphatic rings. The van der Waals surface area contributed by atoms with E-state index in [9.17, 15) is 0 Å². The van der Waals surface area contributed by atoms with E-state index >= 15 is 0 Å². The summed E-state index contributed by atoms with van der Waals surface area (Å²) in [7, 11) is 0. The lowest BCUT2D eigenvalue weighted by molar-refractivity contribution is -0.0186. The number of rotatable bonds is 7. The SMILES string of the molecule is CCCCCC1C(CCCC)CC2CC(C(C)(C)C)C21. The van der Waals surface area contributed by atoms with E-state index in [0.29, 0.717) is 5.41 Å². The van der Waals surface area contributed by atoms with Crippen LogP contribution in [-0.4, -0.2) is 0 Å². The molecular weight excluding hydrogens is 240 g/mol. The first-order valence-electron chi connectivity index (χ1n) is 9.49. The molecule has 0 bridgehead atoms. The summed E-state index contributed by atoms with van der Waals surface area (Å²) in [5.74, 6) is 5.37. The van der Waals surface area contributed by atoms with E-state index in [0.717, 1.165) is 29.6 Å². The Balaban J connectivity index is 1.98. The molecular formula is C20H38. The van der Waals surface area contributed by atoms with Crippen LogP contribution in [0.1, 0.15) is 92.4 Å². The van der Waals surface area contributed by atoms with Gasteiger partial charge in [0.15, 0.2) is 0 Å². The lowest BCUT2D eigenvalue weighted by Gasteiger charge is -2.51. The summed E-state index contributed by atoms with van der Waals surface area (Å²) >= 11 is 0. The fourth-order valence-corrected chi connectivity index (χ4v) is 5.34. The molecule has 0 spiro atoms. The van der Waals surface area contributed by atoms with Gasteiger partial charge in [0.05, 0.1) is 0 Å². The monoisotopic (exact) mass is 278 g/mol. The predicted octanol–water partition coefficient (Wildman–Crippen LogP) is 6.69. The normalized spacial score (nSPS) is 36.8. The van der Waals surface area contributed by atoms with Crippen LogP contribution < -0.4 is 0 Å². The molecule has 2 saturated carbocycles. The summed E-state index contributed by atoms with van der Waals surface area (Å²) in [6.45, 7) is 12.1. The van der Waals surface area contributed by atoms with Crippen molar-refractivity contribution in [2.24, 2.45) is 35.0 Å². The fraction of sp³-hybridized carbons (Fsp3) is 1.00. The Hall–Kier alpha value is 0. The van der Waals surface area contributed by atoms with E-state index in [1.54, 1.807) is 12.8 Å². The fourth-order valence-electron chi connectivity index (χ4n) is 5.34. The van der Waals surface area contributed by atoms with Crippen molar-refractivity contribution in [1.29, 1.82) is 0 Å². The highest BCUT2D eigenvalue weighted by Gasteiger charge is 2.55. The predicted molar refractivity (Wildman–Crippen MR) is 89.8 cm³/mol. The molecule has 20 heavy (non-hydrogen) atoms. The summed E-state index contributed by atoms with van der Waals surface area (Å²) in [4.78, 5) is 0. The number of fused-ring (bicyclic) bond motifs is 1. The highest BCUT2D eigenvalue weighted by Crippen LogP contribution is 2.63. The minimum absolute atomic E-state index is 0.545. The minimum Gasteiger partial charge on any atom is -0.0654 e. The van der Waals surface area contributed by atoms with Gasteiger partial charge in [-0.3, -0.25) is 0 Å². The van der Waals surface area contributed by atoms with Gasteiger partial charge in [0.2, 0.25) is 0 Å². The van der Waals surface area contributed by atoms with Gasteiger partial charge >= 0.3 is 0 Å². The molecule has 0 aromatic rings. The van der Waals surface area contributed by atoms with E-state index in [2.05, 4.69) is 34.6 Å². The quantitative estimate of drug-likeness (QED) is 0.455. The van der Waals surface area contributed by atoms with Crippen molar-refractivity contribution in [1.82, 2.24) is 0 Å². The van der Waals surface area contributed by atoms with Gasteiger partial charge in [-0.25, -0.2) is 0 Å². The molecule has 0 aromatic heterocycles. The highest BCUT2D eigenvalue weighted by molar-refractivity contribution is 5.04. The largest absolute Gasteiger partial charge is 0.0654 e. The topological polar surface area (TPSA) is 0 Å². The van der Waals surface area contributed by atoms with Gasteiger partial charge in [0.25, 0.3) is 0 Å². The zero-order chi connectivity index (χ0) is 14.8. The molecule has 2 fully saturated rings. The van der Waals surface area contributed by atoms with Crippen molar-refractivity contribution < 1.29 is 0 Å². The summed E-state index contributed by atoms with van der Waals surface area (Å²) in [5.41, 5.74) is 0.545. The van der Waals surface area contributed by atoms with Gasteiger partial charge < -0.3 is 0 Å². The zero-order valence-corrected chi connectivity index (χ0v) is 14.8. The molecule has 0 N–H and O–H groups in total. The van der Waals surface area contributed by atoms with Crippen LogP contribution in [0, 0.1) is 35.0 Å². The van der Waals surface area contributed by atoms with Crippen molar-refractivity contribution in [2.75, 3.05) is 0 Å². The van der Waals surface area contributed by atoms with E-state index in [1.165, 1.54) is 44.9 Å². The van der Waals surface area contributed by atoms with E-state index in [4.69, 9.17) is 0 Å². The molecule has 2 rings (SSSR count). The lowest BCUT2D eigenvalue weighted by atomic mass is 9.54.